The summed E-state index contributed by atoms with van der Waals surface area (Å²) in [6.07, 6.45) is 1.30. The summed E-state index contributed by atoms with van der Waals surface area (Å²) in [6, 6.07) is 11.5. The van der Waals surface area contributed by atoms with E-state index >= 15 is 0 Å². The third kappa shape index (κ3) is 4.64. The molecule has 0 saturated carbocycles. The molecule has 188 valence electrons. The van der Waals surface area contributed by atoms with E-state index in [4.69, 9.17) is 9.97 Å². The third-order valence-corrected chi connectivity index (χ3v) is 7.35. The van der Waals surface area contributed by atoms with Crippen molar-refractivity contribution < 1.29 is 14.0 Å². The van der Waals surface area contributed by atoms with Crippen LogP contribution in [0.5, 0.6) is 0 Å². The topological polar surface area (TPSA) is 78.4 Å². The van der Waals surface area contributed by atoms with Gasteiger partial charge in [0.2, 0.25) is 17.8 Å². The molecule has 2 aliphatic rings. The molecule has 3 aromatic rings. The standard InChI is InChI=1S/C28H32FN5O2/c1-17(2)20-7-8-24-23(16-20)18(3)31-28(32-24)33-12-9-19(10-13-33)27(36)34-14-11-30-26(35)25(34)21-5-4-6-22(29)15-21/h4-8,15-17,19,25H,9-14H2,1-3H3,(H,30,35)/t25-/m1/s1. The van der Waals surface area contributed by atoms with Gasteiger partial charge in [-0.15, -0.1) is 0 Å². The predicted molar refractivity (Wildman–Crippen MR) is 137 cm³/mol. The summed E-state index contributed by atoms with van der Waals surface area (Å²) in [4.78, 5) is 39.6. The maximum absolute atomic E-state index is 13.9. The van der Waals surface area contributed by atoms with Gasteiger partial charge in [0.1, 0.15) is 11.9 Å². The number of hydrogen-bond acceptors (Lipinski definition) is 5. The summed E-state index contributed by atoms with van der Waals surface area (Å²) in [5, 5.41) is 3.89. The first-order valence-electron chi connectivity index (χ1n) is 12.7. The number of nitrogens with zero attached hydrogens (tertiary/aromatic N) is 4. The number of piperidine rings is 1. The molecule has 1 atom stereocenters. The highest BCUT2D eigenvalue weighted by molar-refractivity contribution is 5.90. The van der Waals surface area contributed by atoms with Crippen LogP contribution in [0.15, 0.2) is 42.5 Å². The number of nitrogens with one attached hydrogen (secondary N) is 1. The van der Waals surface area contributed by atoms with Gasteiger partial charge in [0.05, 0.1) is 11.2 Å². The third-order valence-electron chi connectivity index (χ3n) is 7.35. The van der Waals surface area contributed by atoms with Crippen LogP contribution in [-0.4, -0.2) is 52.9 Å². The van der Waals surface area contributed by atoms with Crippen LogP contribution in [-0.2, 0) is 9.59 Å². The van der Waals surface area contributed by atoms with Crippen molar-refractivity contribution in [2.24, 2.45) is 5.92 Å². The average Bonchev–Trinajstić information content (AvgIpc) is 2.88. The quantitative estimate of drug-likeness (QED) is 0.597. The van der Waals surface area contributed by atoms with Gasteiger partial charge in [-0.05, 0) is 61.1 Å². The van der Waals surface area contributed by atoms with E-state index in [1.165, 1.54) is 17.7 Å². The molecule has 0 bridgehead atoms. The number of aromatic nitrogens is 2. The van der Waals surface area contributed by atoms with Crippen molar-refractivity contribution in [2.45, 2.75) is 45.6 Å². The van der Waals surface area contributed by atoms with Crippen molar-refractivity contribution in [2.75, 3.05) is 31.1 Å². The van der Waals surface area contributed by atoms with Gasteiger partial charge in [-0.1, -0.05) is 32.0 Å². The fourth-order valence-corrected chi connectivity index (χ4v) is 5.26. The lowest BCUT2D eigenvalue weighted by atomic mass is 9.93. The lowest BCUT2D eigenvalue weighted by Gasteiger charge is -2.39. The Kier molecular flexibility index (Phi) is 6.60. The second-order valence-corrected chi connectivity index (χ2v) is 10.1. The number of halogens is 1. The molecule has 1 aromatic heterocycles. The molecule has 2 saturated heterocycles. The zero-order valence-corrected chi connectivity index (χ0v) is 21.0. The van der Waals surface area contributed by atoms with E-state index < -0.39 is 11.9 Å². The minimum absolute atomic E-state index is 0.0458. The van der Waals surface area contributed by atoms with E-state index in [0.29, 0.717) is 56.5 Å². The van der Waals surface area contributed by atoms with E-state index in [1.54, 1.807) is 17.0 Å². The molecule has 36 heavy (non-hydrogen) atoms. The summed E-state index contributed by atoms with van der Waals surface area (Å²) < 4.78 is 13.9. The first-order valence-corrected chi connectivity index (χ1v) is 12.7. The van der Waals surface area contributed by atoms with Gasteiger partial charge in [-0.3, -0.25) is 9.59 Å². The summed E-state index contributed by atoms with van der Waals surface area (Å²) in [5.41, 5.74) is 3.65. The summed E-state index contributed by atoms with van der Waals surface area (Å²) in [6.45, 7) is 8.50. The number of piperazine rings is 1. The highest BCUT2D eigenvalue weighted by Crippen LogP contribution is 2.30. The Morgan fingerprint density at radius 2 is 1.86 bits per heavy atom. The minimum atomic E-state index is -0.804. The monoisotopic (exact) mass is 489 g/mol. The molecule has 0 radical (unpaired) electrons. The van der Waals surface area contributed by atoms with Crippen molar-refractivity contribution in [3.8, 4) is 0 Å². The second kappa shape index (κ2) is 9.84. The lowest BCUT2D eigenvalue weighted by molar-refractivity contribution is -0.147. The molecule has 2 amide bonds. The number of carbonyl (C=O) groups is 2. The molecule has 2 aromatic carbocycles. The van der Waals surface area contributed by atoms with Gasteiger partial charge in [0, 0.05) is 37.5 Å². The van der Waals surface area contributed by atoms with E-state index in [2.05, 4.69) is 42.3 Å². The molecule has 3 heterocycles. The van der Waals surface area contributed by atoms with Crippen molar-refractivity contribution in [1.82, 2.24) is 20.2 Å². The fraction of sp³-hybridized carbons (Fsp3) is 0.429. The Labute approximate surface area is 210 Å². The molecule has 7 nitrogen and oxygen atoms in total. The zero-order chi connectivity index (χ0) is 25.4. The minimum Gasteiger partial charge on any atom is -0.352 e. The molecule has 2 aliphatic heterocycles. The van der Waals surface area contributed by atoms with Gasteiger partial charge in [-0.25, -0.2) is 14.4 Å². The average molecular weight is 490 g/mol. The van der Waals surface area contributed by atoms with Crippen LogP contribution >= 0.6 is 0 Å². The van der Waals surface area contributed by atoms with Gasteiger partial charge < -0.3 is 15.1 Å². The number of benzene rings is 2. The van der Waals surface area contributed by atoms with Crippen LogP contribution in [0.2, 0.25) is 0 Å². The van der Waals surface area contributed by atoms with Crippen LogP contribution in [0.4, 0.5) is 10.3 Å². The van der Waals surface area contributed by atoms with Crippen LogP contribution in [0.1, 0.15) is 55.5 Å². The SMILES string of the molecule is Cc1nc(N2CCC(C(=O)N3CCNC(=O)[C@H]3c3cccc(F)c3)CC2)nc2ccc(C(C)C)cc12. The highest BCUT2D eigenvalue weighted by Gasteiger charge is 2.38. The Morgan fingerprint density at radius 1 is 1.08 bits per heavy atom. The number of amides is 2. The maximum Gasteiger partial charge on any atom is 0.247 e. The van der Waals surface area contributed by atoms with Crippen LogP contribution in [0.3, 0.4) is 0 Å². The van der Waals surface area contributed by atoms with Crippen molar-refractivity contribution in [3.05, 3.63) is 65.1 Å². The Bertz CT molecular complexity index is 1300. The van der Waals surface area contributed by atoms with E-state index in [-0.39, 0.29) is 17.7 Å². The normalized spacial score (nSPS) is 19.1. The fourth-order valence-electron chi connectivity index (χ4n) is 5.26. The smallest absolute Gasteiger partial charge is 0.247 e. The van der Waals surface area contributed by atoms with E-state index in [9.17, 15) is 14.0 Å². The van der Waals surface area contributed by atoms with Crippen molar-refractivity contribution >= 4 is 28.7 Å². The van der Waals surface area contributed by atoms with Crippen LogP contribution in [0, 0.1) is 18.7 Å². The van der Waals surface area contributed by atoms with Crippen molar-refractivity contribution in [3.63, 3.8) is 0 Å². The number of fused-ring (bicyclic) bond motifs is 1. The number of carbonyl (C=O) groups excluding carboxylic acids is 2. The predicted octanol–water partition coefficient (Wildman–Crippen LogP) is 4.12. The molecular formula is C28H32FN5O2. The Balaban J connectivity index is 1.30. The second-order valence-electron chi connectivity index (χ2n) is 10.1. The molecule has 1 N–H and O–H groups in total. The largest absolute Gasteiger partial charge is 0.352 e. The first kappa shape index (κ1) is 24.2. The van der Waals surface area contributed by atoms with Gasteiger partial charge in [-0.2, -0.15) is 0 Å². The zero-order valence-electron chi connectivity index (χ0n) is 21.0. The first-order chi connectivity index (χ1) is 17.3. The van der Waals surface area contributed by atoms with Crippen molar-refractivity contribution in [1.29, 1.82) is 0 Å². The van der Waals surface area contributed by atoms with Gasteiger partial charge in [0.25, 0.3) is 0 Å². The summed E-state index contributed by atoms with van der Waals surface area (Å²) >= 11 is 0. The molecule has 8 heteroatoms. The van der Waals surface area contributed by atoms with Crippen LogP contribution in [0.25, 0.3) is 10.9 Å². The Hall–Kier alpha value is -3.55. The number of hydrogen-bond donors (Lipinski definition) is 1. The molecule has 0 unspecified atom stereocenters. The number of aryl methyl sites for hydroxylation is 1. The molecule has 2 fully saturated rings. The Morgan fingerprint density at radius 3 is 2.58 bits per heavy atom. The van der Waals surface area contributed by atoms with E-state index in [1.807, 2.05) is 6.92 Å². The maximum atomic E-state index is 13.9. The van der Waals surface area contributed by atoms with Crippen LogP contribution < -0.4 is 10.2 Å². The highest BCUT2D eigenvalue weighted by atomic mass is 19.1. The molecule has 0 spiro atoms. The lowest BCUT2D eigenvalue weighted by Crippen LogP contribution is -2.54. The van der Waals surface area contributed by atoms with Gasteiger partial charge >= 0.3 is 0 Å². The molecular weight excluding hydrogens is 457 g/mol. The summed E-state index contributed by atoms with van der Waals surface area (Å²) in [5.74, 6) is 0.208. The molecule has 0 aliphatic carbocycles. The number of anilines is 1. The van der Waals surface area contributed by atoms with E-state index in [0.717, 1.165) is 16.6 Å². The van der Waals surface area contributed by atoms with Gasteiger partial charge in [0.15, 0.2) is 0 Å². The molecule has 5 rings (SSSR count). The summed E-state index contributed by atoms with van der Waals surface area (Å²) in [7, 11) is 0. The number of rotatable bonds is 4.